The van der Waals surface area contributed by atoms with E-state index in [0.717, 1.165) is 29.1 Å². The van der Waals surface area contributed by atoms with Crippen LogP contribution in [0.15, 0.2) is 41.1 Å². The third kappa shape index (κ3) is 4.25. The minimum atomic E-state index is -0.635. The summed E-state index contributed by atoms with van der Waals surface area (Å²) in [6.07, 6.45) is 8.54. The van der Waals surface area contributed by atoms with Crippen LogP contribution in [0, 0.1) is 5.41 Å². The van der Waals surface area contributed by atoms with Crippen LogP contribution in [0.5, 0.6) is 0 Å². The molecule has 0 saturated heterocycles. The molecule has 0 bridgehead atoms. The molecule has 0 spiro atoms. The third-order valence-corrected chi connectivity index (χ3v) is 6.69. The second kappa shape index (κ2) is 9.31. The van der Waals surface area contributed by atoms with Crippen LogP contribution in [0.1, 0.15) is 67.4 Å². The quantitative estimate of drug-likeness (QED) is 0.650. The summed E-state index contributed by atoms with van der Waals surface area (Å²) in [7, 11) is 2.93. The van der Waals surface area contributed by atoms with Gasteiger partial charge in [-0.25, -0.2) is 4.79 Å². The lowest BCUT2D eigenvalue weighted by Crippen LogP contribution is -2.35. The van der Waals surface area contributed by atoms with Crippen LogP contribution < -0.4 is 5.43 Å². The molecule has 2 aliphatic rings. The summed E-state index contributed by atoms with van der Waals surface area (Å²) in [5.41, 5.74) is 2.32. The fraction of sp³-hybridized carbons (Fsp3) is 0.520. The van der Waals surface area contributed by atoms with Crippen LogP contribution in [0.3, 0.4) is 0 Å². The zero-order chi connectivity index (χ0) is 24.6. The van der Waals surface area contributed by atoms with E-state index in [-0.39, 0.29) is 41.1 Å². The fourth-order valence-corrected chi connectivity index (χ4v) is 4.89. The van der Waals surface area contributed by atoms with Crippen molar-refractivity contribution < 1.29 is 19.4 Å². The molecule has 0 fully saturated rings. The molecule has 0 amide bonds. The maximum atomic E-state index is 12.8. The van der Waals surface area contributed by atoms with Gasteiger partial charge in [0.1, 0.15) is 17.7 Å². The van der Waals surface area contributed by atoms with Crippen LogP contribution in [0.2, 0.25) is 0 Å². The number of rotatable bonds is 6. The molecule has 0 saturated carbocycles. The van der Waals surface area contributed by atoms with Crippen LogP contribution in [0.4, 0.5) is 0 Å². The molecule has 34 heavy (non-hydrogen) atoms. The standard InChI is InChI=1S/C25H32N4O5/c1-25(2,3)22-10-15-9-17(23-27-26-14-28(23)7-6-8-30)21(33-4)11-16(15)19-12-20(31)18(13-29(19)22)24(32)34-5/h9,11-14,17,21-22,30H,6-8,10H2,1-5H3. The molecule has 9 heteroatoms. The number of fused-ring (bicyclic) bond motifs is 3. The molecule has 1 aliphatic carbocycles. The number of aromatic nitrogens is 4. The van der Waals surface area contributed by atoms with Gasteiger partial charge in [-0.2, -0.15) is 0 Å². The average Bonchev–Trinajstić information content (AvgIpc) is 3.28. The van der Waals surface area contributed by atoms with Gasteiger partial charge in [-0.1, -0.05) is 26.8 Å². The Morgan fingerprint density at radius 1 is 1.26 bits per heavy atom. The fourth-order valence-electron chi connectivity index (χ4n) is 4.89. The number of esters is 1. The van der Waals surface area contributed by atoms with Gasteiger partial charge in [-0.05, 0) is 35.5 Å². The zero-order valence-electron chi connectivity index (χ0n) is 20.3. The monoisotopic (exact) mass is 468 g/mol. The molecule has 4 rings (SSSR count). The first-order valence-electron chi connectivity index (χ1n) is 11.5. The van der Waals surface area contributed by atoms with Gasteiger partial charge in [0, 0.05) is 38.6 Å². The Balaban J connectivity index is 1.85. The lowest BCUT2D eigenvalue weighted by Gasteiger charge is -2.42. The number of methoxy groups -OCH3 is 2. The molecule has 3 heterocycles. The van der Waals surface area contributed by atoms with Crippen molar-refractivity contribution in [3.8, 4) is 0 Å². The van der Waals surface area contributed by atoms with Gasteiger partial charge in [0.15, 0.2) is 5.43 Å². The molecular weight excluding hydrogens is 436 g/mol. The Labute approximate surface area is 198 Å². The van der Waals surface area contributed by atoms with Gasteiger partial charge < -0.3 is 23.7 Å². The number of aryl methyl sites for hydroxylation is 1. The Morgan fingerprint density at radius 3 is 2.68 bits per heavy atom. The Hall–Kier alpha value is -3.04. The largest absolute Gasteiger partial charge is 0.465 e. The average molecular weight is 469 g/mol. The van der Waals surface area contributed by atoms with E-state index in [2.05, 4.69) is 37.0 Å². The number of carbonyl (C=O) groups excluding carboxylic acids is 1. The van der Waals surface area contributed by atoms with Crippen molar-refractivity contribution in [1.29, 1.82) is 0 Å². The number of pyridine rings is 1. The van der Waals surface area contributed by atoms with Gasteiger partial charge in [0.25, 0.3) is 0 Å². The molecular formula is C25H32N4O5. The predicted molar refractivity (Wildman–Crippen MR) is 126 cm³/mol. The Morgan fingerprint density at radius 2 is 2.03 bits per heavy atom. The van der Waals surface area contributed by atoms with Crippen LogP contribution >= 0.6 is 0 Å². The van der Waals surface area contributed by atoms with Crippen LogP contribution in [-0.2, 0) is 16.0 Å². The van der Waals surface area contributed by atoms with Crippen LogP contribution in [0.25, 0.3) is 5.57 Å². The molecule has 3 atom stereocenters. The number of aliphatic hydroxyl groups is 1. The minimum absolute atomic E-state index is 0.0157. The minimum Gasteiger partial charge on any atom is -0.465 e. The van der Waals surface area contributed by atoms with E-state index in [0.29, 0.717) is 13.0 Å². The molecule has 2 aromatic heterocycles. The van der Waals surface area contributed by atoms with E-state index in [1.54, 1.807) is 19.6 Å². The van der Waals surface area contributed by atoms with Crippen LogP contribution in [-0.4, -0.2) is 57.3 Å². The maximum absolute atomic E-state index is 12.8. The highest BCUT2D eigenvalue weighted by Crippen LogP contribution is 2.48. The highest BCUT2D eigenvalue weighted by atomic mass is 16.5. The Bertz CT molecular complexity index is 1200. The van der Waals surface area contributed by atoms with Gasteiger partial charge in [-0.15, -0.1) is 10.2 Å². The second-order valence-corrected chi connectivity index (χ2v) is 9.88. The summed E-state index contributed by atoms with van der Waals surface area (Å²) >= 11 is 0. The highest BCUT2D eigenvalue weighted by Gasteiger charge is 2.39. The number of hydrogen-bond donors (Lipinski definition) is 1. The SMILES string of the molecule is COC(=O)c1cn2c(cc1=O)C1=CC(OC)C(c3nncn3CCCO)C=C1CC2C(C)(C)C. The van der Waals surface area contributed by atoms with Crippen molar-refractivity contribution in [1.82, 2.24) is 19.3 Å². The number of carbonyl (C=O) groups is 1. The number of hydrogen-bond acceptors (Lipinski definition) is 7. The molecule has 9 nitrogen and oxygen atoms in total. The summed E-state index contributed by atoms with van der Waals surface area (Å²) < 4.78 is 14.7. The van der Waals surface area contributed by atoms with E-state index in [4.69, 9.17) is 9.47 Å². The van der Waals surface area contributed by atoms with Gasteiger partial charge in [0.05, 0.1) is 24.8 Å². The first kappa shape index (κ1) is 24.1. The molecule has 3 unspecified atom stereocenters. The lowest BCUT2D eigenvalue weighted by atomic mass is 9.74. The topological polar surface area (TPSA) is 108 Å². The summed E-state index contributed by atoms with van der Waals surface area (Å²) in [4.78, 5) is 25.1. The molecule has 0 aromatic carbocycles. The van der Waals surface area contributed by atoms with E-state index >= 15 is 0 Å². The van der Waals surface area contributed by atoms with Crippen molar-refractivity contribution in [2.24, 2.45) is 5.41 Å². The number of nitrogens with zero attached hydrogens (tertiary/aromatic N) is 4. The predicted octanol–water partition coefficient (Wildman–Crippen LogP) is 2.72. The number of aliphatic hydroxyl groups excluding tert-OH is 1. The summed E-state index contributed by atoms with van der Waals surface area (Å²) in [6.45, 7) is 7.15. The first-order valence-corrected chi connectivity index (χ1v) is 11.5. The molecule has 1 N–H and O–H groups in total. The van der Waals surface area contributed by atoms with Crippen molar-refractivity contribution in [2.45, 2.75) is 58.2 Å². The first-order chi connectivity index (χ1) is 16.2. The maximum Gasteiger partial charge on any atom is 0.343 e. The van der Waals surface area contributed by atoms with Crippen molar-refractivity contribution in [3.05, 3.63) is 63.6 Å². The normalized spacial score (nSPS) is 21.9. The Kier molecular flexibility index (Phi) is 6.60. The van der Waals surface area contributed by atoms with E-state index in [1.807, 2.05) is 15.2 Å². The van der Waals surface area contributed by atoms with Crippen molar-refractivity contribution in [3.63, 3.8) is 0 Å². The van der Waals surface area contributed by atoms with E-state index < -0.39 is 5.97 Å². The lowest BCUT2D eigenvalue weighted by molar-refractivity contribution is 0.0597. The van der Waals surface area contributed by atoms with Gasteiger partial charge in [0.2, 0.25) is 0 Å². The summed E-state index contributed by atoms with van der Waals surface area (Å²) in [5.74, 6) is -0.0124. The van der Waals surface area contributed by atoms with E-state index in [9.17, 15) is 14.7 Å². The third-order valence-electron chi connectivity index (χ3n) is 6.69. The van der Waals surface area contributed by atoms with Crippen molar-refractivity contribution >= 4 is 11.5 Å². The van der Waals surface area contributed by atoms with Gasteiger partial charge >= 0.3 is 5.97 Å². The van der Waals surface area contributed by atoms with Gasteiger partial charge in [-0.3, -0.25) is 4.79 Å². The number of ether oxygens (including phenoxy) is 2. The smallest absolute Gasteiger partial charge is 0.343 e. The molecule has 2 aromatic rings. The molecule has 0 radical (unpaired) electrons. The molecule has 1 aliphatic heterocycles. The zero-order valence-corrected chi connectivity index (χ0v) is 20.3. The summed E-state index contributed by atoms with van der Waals surface area (Å²) in [6, 6.07) is 1.54. The highest BCUT2D eigenvalue weighted by molar-refractivity contribution is 5.90. The second-order valence-electron chi connectivity index (χ2n) is 9.88. The molecule has 182 valence electrons. The summed E-state index contributed by atoms with van der Waals surface area (Å²) in [5, 5.41) is 17.7. The number of allylic oxidation sites excluding steroid dienone is 2. The van der Waals surface area contributed by atoms with E-state index in [1.165, 1.54) is 13.2 Å². The van der Waals surface area contributed by atoms with Crippen molar-refractivity contribution in [2.75, 3.05) is 20.8 Å².